The highest BCUT2D eigenvalue weighted by Gasteiger charge is 2.31. The average molecular weight is 593 g/mol. The molecule has 0 bridgehead atoms. The van der Waals surface area contributed by atoms with Gasteiger partial charge >= 0.3 is 0 Å². The first-order valence-corrected chi connectivity index (χ1v) is 14.3. The maximum atomic E-state index is 12.2. The van der Waals surface area contributed by atoms with Crippen LogP contribution in [0.3, 0.4) is 0 Å². The number of nitrogens with zero attached hydrogens (tertiary/aromatic N) is 2. The quantitative estimate of drug-likeness (QED) is 0.212. The molecule has 0 spiro atoms. The van der Waals surface area contributed by atoms with Crippen molar-refractivity contribution < 1.29 is 18.7 Å². The van der Waals surface area contributed by atoms with Gasteiger partial charge < -0.3 is 23.9 Å². The summed E-state index contributed by atoms with van der Waals surface area (Å²) in [5.41, 5.74) is 4.33. The number of carbonyl (C=O) groups excluding carboxylic acids is 1. The minimum absolute atomic E-state index is 0.174. The Morgan fingerprint density at radius 1 is 1.12 bits per heavy atom. The van der Waals surface area contributed by atoms with Gasteiger partial charge in [-0.05, 0) is 79.1 Å². The first kappa shape index (κ1) is 28.4. The zero-order valence-electron chi connectivity index (χ0n) is 22.7. The lowest BCUT2D eigenvalue weighted by molar-refractivity contribution is -0.120. The van der Waals surface area contributed by atoms with Gasteiger partial charge in [0, 0.05) is 39.2 Å². The zero-order chi connectivity index (χ0) is 28.9. The summed E-state index contributed by atoms with van der Waals surface area (Å²) in [6, 6.07) is 19.5. The van der Waals surface area contributed by atoms with Crippen LogP contribution in [0.5, 0.6) is 11.5 Å². The number of benzene rings is 3. The van der Waals surface area contributed by atoms with Crippen molar-refractivity contribution in [1.29, 1.82) is 5.41 Å². The standard InChI is InChI=1S/C24H23ClN4O2S.C7H7FO/c1-15-13-28(24(26)32-15)10-11-31-18-5-2-16(3-6-18)23-22-19(8-9-29(23)14-30)20-12-17(25)4-7-21(20)27-22;1-9-7-4-2-6(8)3-5-7/h2-7,12-14,23,26-27H,8-11H2,1H3;2-5H,1H3. The number of fused-ring (bicyclic) bond motifs is 3. The molecular formula is C31H30ClFN4O3S. The topological polar surface area (TPSA) is 83.3 Å². The van der Waals surface area contributed by atoms with Crippen molar-refractivity contribution in [2.45, 2.75) is 25.9 Å². The predicted octanol–water partition coefficient (Wildman–Crippen LogP) is 6.49. The van der Waals surface area contributed by atoms with Crippen molar-refractivity contribution in [3.05, 3.63) is 110 Å². The number of halogens is 2. The summed E-state index contributed by atoms with van der Waals surface area (Å²) in [6.07, 6.45) is 3.69. The number of hydrogen-bond acceptors (Lipinski definition) is 5. The van der Waals surface area contributed by atoms with Gasteiger partial charge in [0.05, 0.1) is 19.7 Å². The smallest absolute Gasteiger partial charge is 0.210 e. The second kappa shape index (κ2) is 12.6. The van der Waals surface area contributed by atoms with Gasteiger partial charge in [0.1, 0.15) is 23.9 Å². The van der Waals surface area contributed by atoms with E-state index in [9.17, 15) is 9.18 Å². The van der Waals surface area contributed by atoms with Crippen molar-refractivity contribution in [3.63, 3.8) is 0 Å². The molecule has 1 unspecified atom stereocenters. The number of H-pyrrole nitrogens is 1. The van der Waals surface area contributed by atoms with Gasteiger partial charge in [-0.2, -0.15) is 0 Å². The molecule has 1 aliphatic heterocycles. The highest BCUT2D eigenvalue weighted by molar-refractivity contribution is 7.09. The molecule has 1 amide bonds. The van der Waals surface area contributed by atoms with Crippen molar-refractivity contribution in [2.24, 2.45) is 0 Å². The molecule has 0 saturated heterocycles. The highest BCUT2D eigenvalue weighted by atomic mass is 35.5. The van der Waals surface area contributed by atoms with Crippen LogP contribution in [-0.2, 0) is 17.8 Å². The first-order chi connectivity index (χ1) is 19.9. The van der Waals surface area contributed by atoms with E-state index in [1.807, 2.05) is 65.1 Å². The third-order valence-corrected chi connectivity index (χ3v) is 8.05. The van der Waals surface area contributed by atoms with Crippen molar-refractivity contribution in [3.8, 4) is 11.5 Å². The van der Waals surface area contributed by atoms with Crippen LogP contribution in [0.1, 0.15) is 27.7 Å². The molecule has 10 heteroatoms. The van der Waals surface area contributed by atoms with E-state index >= 15 is 0 Å². The van der Waals surface area contributed by atoms with E-state index in [2.05, 4.69) is 4.98 Å². The molecule has 3 heterocycles. The molecule has 41 heavy (non-hydrogen) atoms. The van der Waals surface area contributed by atoms with Gasteiger partial charge in [0.25, 0.3) is 0 Å². The van der Waals surface area contributed by atoms with Crippen molar-refractivity contribution in [1.82, 2.24) is 14.5 Å². The summed E-state index contributed by atoms with van der Waals surface area (Å²) in [4.78, 5) is 18.8. The molecule has 0 radical (unpaired) electrons. The Labute approximate surface area is 246 Å². The van der Waals surface area contributed by atoms with Crippen LogP contribution in [-0.4, -0.2) is 41.1 Å². The van der Waals surface area contributed by atoms with E-state index < -0.39 is 0 Å². The van der Waals surface area contributed by atoms with Gasteiger partial charge in [-0.15, -0.1) is 11.3 Å². The molecule has 0 saturated carbocycles. The van der Waals surface area contributed by atoms with E-state index in [-0.39, 0.29) is 11.9 Å². The average Bonchev–Trinajstić information content (AvgIpc) is 3.51. The fraction of sp³-hybridized carbons (Fsp3) is 0.226. The number of ether oxygens (including phenoxy) is 2. The number of aromatic amines is 1. The lowest BCUT2D eigenvalue weighted by Gasteiger charge is -2.33. The molecule has 7 nitrogen and oxygen atoms in total. The second-order valence-electron chi connectivity index (χ2n) is 9.62. The summed E-state index contributed by atoms with van der Waals surface area (Å²) in [6.45, 7) is 3.78. The number of methoxy groups -OCH3 is 1. The maximum absolute atomic E-state index is 12.2. The lowest BCUT2D eigenvalue weighted by Crippen LogP contribution is -2.34. The van der Waals surface area contributed by atoms with Gasteiger partial charge in [0.2, 0.25) is 6.41 Å². The highest BCUT2D eigenvalue weighted by Crippen LogP contribution is 2.38. The van der Waals surface area contributed by atoms with Gasteiger partial charge in [-0.3, -0.25) is 10.2 Å². The number of amides is 1. The lowest BCUT2D eigenvalue weighted by atomic mass is 9.93. The van der Waals surface area contributed by atoms with Crippen molar-refractivity contribution in [2.75, 3.05) is 20.3 Å². The number of thiazole rings is 1. The van der Waals surface area contributed by atoms with E-state index in [0.717, 1.165) is 45.6 Å². The summed E-state index contributed by atoms with van der Waals surface area (Å²) in [5, 5.41) is 9.78. The maximum Gasteiger partial charge on any atom is 0.210 e. The number of hydrogen-bond donors (Lipinski definition) is 2. The normalized spacial score (nSPS) is 14.2. The third kappa shape index (κ3) is 6.47. The summed E-state index contributed by atoms with van der Waals surface area (Å²) in [5.74, 6) is 1.21. The van der Waals surface area contributed by atoms with Crippen LogP contribution < -0.4 is 14.3 Å². The number of aromatic nitrogens is 2. The molecule has 2 N–H and O–H groups in total. The number of rotatable bonds is 7. The zero-order valence-corrected chi connectivity index (χ0v) is 24.3. The van der Waals surface area contributed by atoms with Crippen LogP contribution in [0.25, 0.3) is 10.9 Å². The fourth-order valence-electron chi connectivity index (χ4n) is 5.01. The molecule has 5 aromatic rings. The number of carbonyl (C=O) groups is 1. The first-order valence-electron chi connectivity index (χ1n) is 13.1. The Morgan fingerprint density at radius 3 is 2.51 bits per heavy atom. The van der Waals surface area contributed by atoms with E-state index in [4.69, 9.17) is 26.5 Å². The third-order valence-electron chi connectivity index (χ3n) is 6.96. The van der Waals surface area contributed by atoms with Gasteiger partial charge in [0.15, 0.2) is 4.80 Å². The van der Waals surface area contributed by atoms with Crippen LogP contribution >= 0.6 is 22.9 Å². The van der Waals surface area contributed by atoms with Gasteiger partial charge in [-0.1, -0.05) is 23.7 Å². The fourth-order valence-corrected chi connectivity index (χ4v) is 5.93. The molecule has 0 fully saturated rings. The molecule has 0 aliphatic carbocycles. The molecule has 3 aromatic carbocycles. The largest absolute Gasteiger partial charge is 0.497 e. The second-order valence-corrected chi connectivity index (χ2v) is 11.3. The van der Waals surface area contributed by atoms with Crippen LogP contribution in [0.15, 0.2) is 72.9 Å². The Hall–Kier alpha value is -4.08. The van der Waals surface area contributed by atoms with Crippen LogP contribution in [0.2, 0.25) is 5.02 Å². The van der Waals surface area contributed by atoms with Gasteiger partial charge in [-0.25, -0.2) is 4.39 Å². The van der Waals surface area contributed by atoms with Crippen molar-refractivity contribution >= 4 is 40.3 Å². The van der Waals surface area contributed by atoms with E-state index in [1.165, 1.54) is 29.0 Å². The Bertz CT molecular complexity index is 1700. The molecule has 1 atom stereocenters. The molecule has 1 aliphatic rings. The Balaban J connectivity index is 0.000000321. The molecule has 6 rings (SSSR count). The minimum Gasteiger partial charge on any atom is -0.497 e. The monoisotopic (exact) mass is 592 g/mol. The Morgan fingerprint density at radius 2 is 1.85 bits per heavy atom. The molecule has 2 aromatic heterocycles. The van der Waals surface area contributed by atoms with E-state index in [1.54, 1.807) is 19.2 Å². The Kier molecular flexibility index (Phi) is 8.75. The van der Waals surface area contributed by atoms with Crippen LogP contribution in [0.4, 0.5) is 4.39 Å². The summed E-state index contributed by atoms with van der Waals surface area (Å²) in [7, 11) is 1.55. The predicted molar refractivity (Wildman–Crippen MR) is 159 cm³/mol. The number of nitrogens with one attached hydrogen (secondary N) is 2. The minimum atomic E-state index is -0.240. The van der Waals surface area contributed by atoms with E-state index in [0.29, 0.717) is 35.3 Å². The molecular weight excluding hydrogens is 563 g/mol. The molecule has 212 valence electrons. The number of aryl methyl sites for hydroxylation is 1. The SMILES string of the molecule is COc1ccc(F)cc1.Cc1cn(CCOc2ccc(C3c4[nH]c5ccc(Cl)cc5c4CCN3C=O)cc2)c(=N)s1. The van der Waals surface area contributed by atoms with Crippen LogP contribution in [0, 0.1) is 18.2 Å². The summed E-state index contributed by atoms with van der Waals surface area (Å²) >= 11 is 7.69. The summed E-state index contributed by atoms with van der Waals surface area (Å²) < 4.78 is 24.8.